The molecule has 2 aliphatic rings. The summed E-state index contributed by atoms with van der Waals surface area (Å²) in [5, 5.41) is 19.3. The second kappa shape index (κ2) is 9.14. The number of amides is 3. The van der Waals surface area contributed by atoms with Crippen LogP contribution in [0.25, 0.3) is 0 Å². The Kier molecular flexibility index (Phi) is 6.27. The van der Waals surface area contributed by atoms with E-state index in [-0.39, 0.29) is 41.2 Å². The summed E-state index contributed by atoms with van der Waals surface area (Å²) >= 11 is 5.77. The standard InChI is InChI=1S/C20H21ClFN7O4/c21-19-24-8-13(22)18(28-19)27-16-12-5-10(15(16)17(23)30)6-14(12)26-20(31)25-7-9-2-1-3-11(4-9)29(32)33/h1-4,8,10,12,14-16H,5-7H2,(H2,23,30)(H,24,27,28)(H2,25,26,31). The lowest BCUT2D eigenvalue weighted by Gasteiger charge is -2.35. The van der Waals surface area contributed by atoms with Crippen molar-refractivity contribution < 1.29 is 18.9 Å². The van der Waals surface area contributed by atoms with Gasteiger partial charge in [0, 0.05) is 36.7 Å². The summed E-state index contributed by atoms with van der Waals surface area (Å²) in [5.41, 5.74) is 6.13. The number of hydrogen-bond acceptors (Lipinski definition) is 7. The molecule has 1 aromatic heterocycles. The monoisotopic (exact) mass is 477 g/mol. The summed E-state index contributed by atoms with van der Waals surface area (Å²) in [6.07, 6.45) is 2.11. The smallest absolute Gasteiger partial charge is 0.315 e. The summed E-state index contributed by atoms with van der Waals surface area (Å²) in [6, 6.07) is 4.69. The van der Waals surface area contributed by atoms with Gasteiger partial charge < -0.3 is 21.7 Å². The van der Waals surface area contributed by atoms with E-state index in [9.17, 15) is 24.1 Å². The Morgan fingerprint density at radius 1 is 1.33 bits per heavy atom. The Bertz CT molecular complexity index is 1100. The highest BCUT2D eigenvalue weighted by Gasteiger charge is 2.55. The number of aromatic nitrogens is 2. The van der Waals surface area contributed by atoms with Crippen LogP contribution in [0.4, 0.5) is 20.7 Å². The number of nitro benzene ring substituents is 1. The van der Waals surface area contributed by atoms with Crippen molar-refractivity contribution in [1.82, 2.24) is 20.6 Å². The fourth-order valence-electron chi connectivity index (χ4n) is 4.92. The van der Waals surface area contributed by atoms with Crippen molar-refractivity contribution in [3.63, 3.8) is 0 Å². The van der Waals surface area contributed by atoms with Crippen LogP contribution < -0.4 is 21.7 Å². The number of non-ortho nitro benzene ring substituents is 1. The van der Waals surface area contributed by atoms with Crippen LogP contribution in [0.3, 0.4) is 0 Å². The molecule has 174 valence electrons. The lowest BCUT2D eigenvalue weighted by atomic mass is 9.81. The highest BCUT2D eigenvalue weighted by molar-refractivity contribution is 6.28. The number of benzene rings is 1. The van der Waals surface area contributed by atoms with E-state index in [0.717, 1.165) is 6.20 Å². The van der Waals surface area contributed by atoms with E-state index < -0.39 is 34.6 Å². The van der Waals surface area contributed by atoms with Gasteiger partial charge in [-0.2, -0.15) is 4.98 Å². The molecule has 13 heteroatoms. The number of nitrogens with one attached hydrogen (secondary N) is 3. The Morgan fingerprint density at radius 3 is 2.85 bits per heavy atom. The molecular formula is C20H21ClFN7O4. The molecule has 5 N–H and O–H groups in total. The molecule has 3 amide bonds. The molecule has 1 aromatic carbocycles. The number of carbonyl (C=O) groups is 2. The van der Waals surface area contributed by atoms with Crippen LogP contribution in [-0.2, 0) is 11.3 Å². The molecule has 2 saturated carbocycles. The molecule has 11 nitrogen and oxygen atoms in total. The van der Waals surface area contributed by atoms with Gasteiger partial charge in [-0.1, -0.05) is 12.1 Å². The number of rotatable bonds is 7. The first-order chi connectivity index (χ1) is 15.7. The third-order valence-electron chi connectivity index (χ3n) is 6.24. The van der Waals surface area contributed by atoms with Crippen molar-refractivity contribution in [3.05, 3.63) is 57.2 Å². The number of nitrogens with two attached hydrogens (primary N) is 1. The summed E-state index contributed by atoms with van der Waals surface area (Å²) in [4.78, 5) is 42.4. The predicted molar refractivity (Wildman–Crippen MR) is 116 cm³/mol. The highest BCUT2D eigenvalue weighted by Crippen LogP contribution is 2.49. The molecule has 4 rings (SSSR count). The minimum Gasteiger partial charge on any atom is -0.369 e. The molecule has 5 atom stereocenters. The first-order valence-corrected chi connectivity index (χ1v) is 10.6. The third-order valence-corrected chi connectivity index (χ3v) is 6.42. The Morgan fingerprint density at radius 2 is 2.12 bits per heavy atom. The van der Waals surface area contributed by atoms with Crippen molar-refractivity contribution in [2.24, 2.45) is 23.5 Å². The van der Waals surface area contributed by atoms with E-state index in [0.29, 0.717) is 18.4 Å². The van der Waals surface area contributed by atoms with Gasteiger partial charge in [-0.05, 0) is 35.9 Å². The van der Waals surface area contributed by atoms with Crippen LogP contribution in [0.5, 0.6) is 0 Å². The van der Waals surface area contributed by atoms with Gasteiger partial charge in [-0.25, -0.2) is 14.2 Å². The summed E-state index contributed by atoms with van der Waals surface area (Å²) < 4.78 is 14.2. The number of halogens is 2. The second-order valence-corrected chi connectivity index (χ2v) is 8.53. The van der Waals surface area contributed by atoms with Gasteiger partial charge in [0.15, 0.2) is 11.6 Å². The number of nitrogens with zero attached hydrogens (tertiary/aromatic N) is 3. The largest absolute Gasteiger partial charge is 0.369 e. The zero-order valence-corrected chi connectivity index (χ0v) is 18.0. The molecule has 0 saturated heterocycles. The lowest BCUT2D eigenvalue weighted by Crippen LogP contribution is -2.53. The minimum absolute atomic E-state index is 0.0636. The van der Waals surface area contributed by atoms with E-state index in [4.69, 9.17) is 17.3 Å². The molecule has 2 fully saturated rings. The molecule has 1 heterocycles. The molecule has 5 unspecified atom stereocenters. The van der Waals surface area contributed by atoms with Crippen LogP contribution in [-0.4, -0.2) is 38.9 Å². The number of anilines is 1. The Balaban J connectivity index is 1.41. The first kappa shape index (κ1) is 22.6. The molecule has 0 aliphatic heterocycles. The van der Waals surface area contributed by atoms with Crippen molar-refractivity contribution in [3.8, 4) is 0 Å². The van der Waals surface area contributed by atoms with Gasteiger partial charge in [0.05, 0.1) is 17.0 Å². The van der Waals surface area contributed by atoms with Gasteiger partial charge in [0.1, 0.15) is 0 Å². The van der Waals surface area contributed by atoms with E-state index in [1.54, 1.807) is 12.1 Å². The number of primary amides is 1. The zero-order chi connectivity index (χ0) is 23.7. The number of hydrogen-bond donors (Lipinski definition) is 4. The average molecular weight is 478 g/mol. The highest BCUT2D eigenvalue weighted by atomic mass is 35.5. The van der Waals surface area contributed by atoms with Crippen LogP contribution in [0.1, 0.15) is 18.4 Å². The fourth-order valence-corrected chi connectivity index (χ4v) is 5.05. The predicted octanol–water partition coefficient (Wildman–Crippen LogP) is 1.97. The average Bonchev–Trinajstić information content (AvgIpc) is 3.33. The van der Waals surface area contributed by atoms with E-state index in [1.807, 2.05) is 0 Å². The molecule has 0 radical (unpaired) electrons. The van der Waals surface area contributed by atoms with Gasteiger partial charge in [0.2, 0.25) is 11.2 Å². The maximum Gasteiger partial charge on any atom is 0.315 e. The summed E-state index contributed by atoms with van der Waals surface area (Å²) in [6.45, 7) is 0.102. The van der Waals surface area contributed by atoms with Crippen molar-refractivity contribution in [2.75, 3.05) is 5.32 Å². The summed E-state index contributed by atoms with van der Waals surface area (Å²) in [7, 11) is 0. The van der Waals surface area contributed by atoms with Gasteiger partial charge in [-0.3, -0.25) is 14.9 Å². The SMILES string of the molecule is NC(=O)C1C2CC(NC(=O)NCc3cccc([N+](=O)[O-])c3)C(C2)C1Nc1nc(Cl)ncc1F. The third kappa shape index (κ3) is 4.80. The Hall–Kier alpha value is -3.54. The van der Waals surface area contributed by atoms with Gasteiger partial charge >= 0.3 is 6.03 Å². The molecule has 2 bridgehead atoms. The van der Waals surface area contributed by atoms with E-state index in [1.165, 1.54) is 12.1 Å². The van der Waals surface area contributed by atoms with Gasteiger partial charge in [-0.15, -0.1) is 0 Å². The summed E-state index contributed by atoms with van der Waals surface area (Å²) in [5.74, 6) is -2.17. The topological polar surface area (TPSA) is 165 Å². The fraction of sp³-hybridized carbons (Fsp3) is 0.400. The molecule has 0 spiro atoms. The molecule has 2 aromatic rings. The number of nitro groups is 1. The van der Waals surface area contributed by atoms with Crippen LogP contribution in [0.15, 0.2) is 30.5 Å². The van der Waals surface area contributed by atoms with Crippen molar-refractivity contribution in [1.29, 1.82) is 0 Å². The van der Waals surface area contributed by atoms with Crippen LogP contribution >= 0.6 is 11.6 Å². The first-order valence-electron chi connectivity index (χ1n) is 10.2. The molecule has 2 aliphatic carbocycles. The van der Waals surface area contributed by atoms with Crippen molar-refractivity contribution in [2.45, 2.75) is 31.5 Å². The van der Waals surface area contributed by atoms with Crippen molar-refractivity contribution >= 4 is 35.0 Å². The second-order valence-electron chi connectivity index (χ2n) is 8.19. The van der Waals surface area contributed by atoms with E-state index in [2.05, 4.69) is 25.9 Å². The van der Waals surface area contributed by atoms with Crippen LogP contribution in [0, 0.1) is 33.7 Å². The van der Waals surface area contributed by atoms with E-state index >= 15 is 0 Å². The lowest BCUT2D eigenvalue weighted by molar-refractivity contribution is -0.384. The number of carbonyl (C=O) groups excluding carboxylic acids is 2. The minimum atomic E-state index is -0.718. The maximum atomic E-state index is 14.2. The Labute approximate surface area is 192 Å². The normalized spacial score (nSPS) is 25.5. The quantitative estimate of drug-likeness (QED) is 0.269. The molecule has 33 heavy (non-hydrogen) atoms. The van der Waals surface area contributed by atoms with Crippen LogP contribution in [0.2, 0.25) is 5.28 Å². The number of fused-ring (bicyclic) bond motifs is 2. The molecular weight excluding hydrogens is 457 g/mol. The number of urea groups is 1. The van der Waals surface area contributed by atoms with Gasteiger partial charge in [0.25, 0.3) is 5.69 Å². The zero-order valence-electron chi connectivity index (χ0n) is 17.2. The maximum absolute atomic E-state index is 14.2.